The maximum absolute atomic E-state index is 9.20. The third-order valence-corrected chi connectivity index (χ3v) is 1.42. The van der Waals surface area contributed by atoms with Crippen molar-refractivity contribution in [3.8, 4) is 0 Å². The molecular formula is C6H11N3O. The van der Waals surface area contributed by atoms with Crippen molar-refractivity contribution in [3.63, 3.8) is 0 Å². The normalized spacial score (nSPS) is 13.5. The van der Waals surface area contributed by atoms with Gasteiger partial charge in [0.2, 0.25) is 0 Å². The lowest BCUT2D eigenvalue weighted by atomic mass is 10.2. The van der Waals surface area contributed by atoms with E-state index in [2.05, 4.69) is 10.2 Å². The minimum atomic E-state index is -0.609. The average molecular weight is 141 g/mol. The van der Waals surface area contributed by atoms with E-state index in [9.17, 15) is 5.11 Å². The fraction of sp³-hybridized carbons (Fsp3) is 0.500. The summed E-state index contributed by atoms with van der Waals surface area (Å²) in [4.78, 5) is 0. The molecular weight excluding hydrogens is 130 g/mol. The highest BCUT2D eigenvalue weighted by atomic mass is 16.3. The lowest BCUT2D eigenvalue weighted by Gasteiger charge is -2.04. The number of hydrogen-bond donors (Lipinski definition) is 3. The molecule has 1 aromatic rings. The van der Waals surface area contributed by atoms with Gasteiger partial charge in [-0.05, 0) is 12.5 Å². The van der Waals surface area contributed by atoms with Gasteiger partial charge in [-0.3, -0.25) is 5.10 Å². The van der Waals surface area contributed by atoms with Crippen LogP contribution in [0.15, 0.2) is 6.20 Å². The van der Waals surface area contributed by atoms with Crippen molar-refractivity contribution in [1.29, 1.82) is 0 Å². The Morgan fingerprint density at radius 1 is 1.90 bits per heavy atom. The van der Waals surface area contributed by atoms with Gasteiger partial charge in [0.1, 0.15) is 6.10 Å². The number of aryl methyl sites for hydroxylation is 1. The van der Waals surface area contributed by atoms with Crippen molar-refractivity contribution in [1.82, 2.24) is 10.2 Å². The minimum Gasteiger partial charge on any atom is -0.385 e. The fourth-order valence-corrected chi connectivity index (χ4v) is 0.812. The summed E-state index contributed by atoms with van der Waals surface area (Å²) in [6.07, 6.45) is 1.05. The second-order valence-corrected chi connectivity index (χ2v) is 2.22. The summed E-state index contributed by atoms with van der Waals surface area (Å²) in [6.45, 7) is 2.10. The number of hydrogen-bond acceptors (Lipinski definition) is 3. The second kappa shape index (κ2) is 2.81. The van der Waals surface area contributed by atoms with E-state index in [4.69, 9.17) is 5.73 Å². The van der Waals surface area contributed by atoms with Gasteiger partial charge < -0.3 is 10.8 Å². The van der Waals surface area contributed by atoms with E-state index in [-0.39, 0.29) is 6.54 Å². The number of aliphatic hydroxyl groups excluding tert-OH is 1. The second-order valence-electron chi connectivity index (χ2n) is 2.22. The first-order chi connectivity index (χ1) is 4.75. The lowest BCUT2D eigenvalue weighted by molar-refractivity contribution is 0.181. The molecule has 0 aliphatic heterocycles. The van der Waals surface area contributed by atoms with Crippen molar-refractivity contribution >= 4 is 0 Å². The maximum atomic E-state index is 9.20. The predicted molar refractivity (Wildman–Crippen MR) is 37.3 cm³/mol. The summed E-state index contributed by atoms with van der Waals surface area (Å²) in [6, 6.07) is 0. The predicted octanol–water partition coefficient (Wildman–Crippen LogP) is -0.290. The summed E-state index contributed by atoms with van der Waals surface area (Å²) in [7, 11) is 0. The SMILES string of the molecule is Cc1cn[nH]c1C(O)CN. The average Bonchev–Trinajstić information content (AvgIpc) is 2.34. The molecule has 1 aromatic heterocycles. The zero-order chi connectivity index (χ0) is 7.56. The molecule has 0 fully saturated rings. The number of nitrogens with one attached hydrogen (secondary N) is 1. The Balaban J connectivity index is 2.82. The number of nitrogens with zero attached hydrogens (tertiary/aromatic N) is 1. The van der Waals surface area contributed by atoms with Gasteiger partial charge >= 0.3 is 0 Å². The van der Waals surface area contributed by atoms with E-state index < -0.39 is 6.10 Å². The number of aliphatic hydroxyl groups is 1. The smallest absolute Gasteiger partial charge is 0.108 e. The summed E-state index contributed by atoms with van der Waals surface area (Å²) in [5.74, 6) is 0. The topological polar surface area (TPSA) is 74.9 Å². The highest BCUT2D eigenvalue weighted by Crippen LogP contribution is 2.11. The number of H-pyrrole nitrogens is 1. The lowest BCUT2D eigenvalue weighted by Crippen LogP contribution is -2.12. The molecule has 0 saturated carbocycles. The van der Waals surface area contributed by atoms with Gasteiger partial charge in [0.05, 0.1) is 11.9 Å². The number of aromatic amines is 1. The molecule has 10 heavy (non-hydrogen) atoms. The molecule has 0 saturated heterocycles. The third-order valence-electron chi connectivity index (χ3n) is 1.42. The van der Waals surface area contributed by atoms with Crippen LogP contribution in [0, 0.1) is 6.92 Å². The molecule has 1 atom stereocenters. The summed E-state index contributed by atoms with van der Waals surface area (Å²) in [5, 5.41) is 15.6. The van der Waals surface area contributed by atoms with Crippen LogP contribution in [-0.2, 0) is 0 Å². The summed E-state index contributed by atoms with van der Waals surface area (Å²) < 4.78 is 0. The molecule has 0 bridgehead atoms. The Kier molecular flexibility index (Phi) is 2.03. The van der Waals surface area contributed by atoms with Gasteiger partial charge in [-0.25, -0.2) is 0 Å². The van der Waals surface area contributed by atoms with E-state index in [1.165, 1.54) is 0 Å². The van der Waals surface area contributed by atoms with Crippen LogP contribution in [0.3, 0.4) is 0 Å². The fourth-order valence-electron chi connectivity index (χ4n) is 0.812. The Hall–Kier alpha value is -0.870. The molecule has 4 nitrogen and oxygen atoms in total. The Morgan fingerprint density at radius 2 is 2.60 bits per heavy atom. The first-order valence-corrected chi connectivity index (χ1v) is 3.13. The molecule has 56 valence electrons. The van der Waals surface area contributed by atoms with Crippen LogP contribution < -0.4 is 5.73 Å². The Bertz CT molecular complexity index is 209. The molecule has 0 spiro atoms. The maximum Gasteiger partial charge on any atom is 0.108 e. The molecule has 0 radical (unpaired) electrons. The molecule has 0 amide bonds. The quantitative estimate of drug-likeness (QED) is 0.529. The van der Waals surface area contributed by atoms with E-state index in [0.717, 1.165) is 5.56 Å². The molecule has 1 unspecified atom stereocenters. The third kappa shape index (κ3) is 1.17. The first-order valence-electron chi connectivity index (χ1n) is 3.13. The van der Waals surface area contributed by atoms with Gasteiger partial charge in [-0.1, -0.05) is 0 Å². The van der Waals surface area contributed by atoms with E-state index in [0.29, 0.717) is 5.69 Å². The van der Waals surface area contributed by atoms with Gasteiger partial charge in [-0.2, -0.15) is 5.10 Å². The number of aromatic nitrogens is 2. The van der Waals surface area contributed by atoms with Crippen molar-refractivity contribution in [2.24, 2.45) is 5.73 Å². The molecule has 4 N–H and O–H groups in total. The highest BCUT2D eigenvalue weighted by Gasteiger charge is 2.08. The van der Waals surface area contributed by atoms with Crippen LogP contribution in [-0.4, -0.2) is 21.8 Å². The standard InChI is InChI=1S/C6H11N3O/c1-4-3-8-9-6(4)5(10)2-7/h3,5,10H,2,7H2,1H3,(H,8,9). The highest BCUT2D eigenvalue weighted by molar-refractivity contribution is 5.16. The van der Waals surface area contributed by atoms with Crippen LogP contribution >= 0.6 is 0 Å². The van der Waals surface area contributed by atoms with E-state index in [1.807, 2.05) is 6.92 Å². The van der Waals surface area contributed by atoms with Crippen LogP contribution in [0.1, 0.15) is 17.4 Å². The summed E-state index contributed by atoms with van der Waals surface area (Å²) >= 11 is 0. The van der Waals surface area contributed by atoms with Gasteiger partial charge in [0.25, 0.3) is 0 Å². The molecule has 4 heteroatoms. The number of nitrogens with two attached hydrogens (primary N) is 1. The van der Waals surface area contributed by atoms with Crippen LogP contribution in [0.2, 0.25) is 0 Å². The minimum absolute atomic E-state index is 0.225. The van der Waals surface area contributed by atoms with Crippen LogP contribution in [0.25, 0.3) is 0 Å². The van der Waals surface area contributed by atoms with Gasteiger partial charge in [-0.15, -0.1) is 0 Å². The van der Waals surface area contributed by atoms with Crippen LogP contribution in [0.4, 0.5) is 0 Å². The van der Waals surface area contributed by atoms with Gasteiger partial charge in [0.15, 0.2) is 0 Å². The van der Waals surface area contributed by atoms with Crippen molar-refractivity contribution in [2.45, 2.75) is 13.0 Å². The molecule has 1 rings (SSSR count). The molecule has 0 aliphatic carbocycles. The zero-order valence-electron chi connectivity index (χ0n) is 5.83. The molecule has 1 heterocycles. The monoisotopic (exact) mass is 141 g/mol. The van der Waals surface area contributed by atoms with Gasteiger partial charge in [0, 0.05) is 6.54 Å². The van der Waals surface area contributed by atoms with Crippen molar-refractivity contribution in [2.75, 3.05) is 6.54 Å². The van der Waals surface area contributed by atoms with E-state index >= 15 is 0 Å². The first kappa shape index (κ1) is 7.24. The largest absolute Gasteiger partial charge is 0.385 e. The summed E-state index contributed by atoms with van der Waals surface area (Å²) in [5.41, 5.74) is 6.89. The molecule has 0 aliphatic rings. The van der Waals surface area contributed by atoms with Crippen molar-refractivity contribution < 1.29 is 5.11 Å². The number of rotatable bonds is 2. The Labute approximate surface area is 59.1 Å². The zero-order valence-corrected chi connectivity index (χ0v) is 5.83. The Morgan fingerprint density at radius 3 is 3.00 bits per heavy atom. The van der Waals surface area contributed by atoms with Crippen molar-refractivity contribution in [3.05, 3.63) is 17.5 Å². The van der Waals surface area contributed by atoms with E-state index in [1.54, 1.807) is 6.20 Å². The molecule has 0 aromatic carbocycles. The van der Waals surface area contributed by atoms with Crippen LogP contribution in [0.5, 0.6) is 0 Å².